The summed E-state index contributed by atoms with van der Waals surface area (Å²) in [6, 6.07) is 15.0. The molecule has 0 N–H and O–H groups in total. The maximum atomic E-state index is 12.7. The van der Waals surface area contributed by atoms with Gasteiger partial charge in [-0.05, 0) is 49.2 Å². The van der Waals surface area contributed by atoms with Gasteiger partial charge in [-0.1, -0.05) is 26.0 Å². The molecule has 134 valence electrons. The highest BCUT2D eigenvalue weighted by Crippen LogP contribution is 2.23. The first-order valence-corrected chi connectivity index (χ1v) is 8.72. The van der Waals surface area contributed by atoms with E-state index in [1.165, 1.54) is 0 Å². The zero-order valence-corrected chi connectivity index (χ0v) is 15.5. The summed E-state index contributed by atoms with van der Waals surface area (Å²) < 4.78 is 5.40. The molecule has 0 aliphatic rings. The normalized spacial score (nSPS) is 12.2. The lowest BCUT2D eigenvalue weighted by Gasteiger charge is -2.23. The Labute approximate surface area is 153 Å². The van der Waals surface area contributed by atoms with Gasteiger partial charge in [-0.2, -0.15) is 10.2 Å². The summed E-state index contributed by atoms with van der Waals surface area (Å²) >= 11 is 0. The number of nitrogens with zero attached hydrogens (tertiary/aromatic N) is 3. The molecular weight excluding hydrogens is 326 g/mol. The van der Waals surface area contributed by atoms with Gasteiger partial charge in [-0.3, -0.25) is 4.79 Å². The maximum absolute atomic E-state index is 12.7. The van der Waals surface area contributed by atoms with Crippen LogP contribution >= 0.6 is 0 Å². The average molecular weight is 349 g/mol. The van der Waals surface area contributed by atoms with Gasteiger partial charge in [0.1, 0.15) is 5.76 Å². The van der Waals surface area contributed by atoms with Crippen molar-refractivity contribution in [3.8, 4) is 11.3 Å². The van der Waals surface area contributed by atoms with Gasteiger partial charge in [0.2, 0.25) is 0 Å². The van der Waals surface area contributed by atoms with E-state index in [-0.39, 0.29) is 11.9 Å². The van der Waals surface area contributed by atoms with Crippen LogP contribution in [-0.4, -0.2) is 28.1 Å². The lowest BCUT2D eigenvalue weighted by Crippen LogP contribution is -2.29. The summed E-state index contributed by atoms with van der Waals surface area (Å²) in [4.78, 5) is 14.4. The van der Waals surface area contributed by atoms with Gasteiger partial charge < -0.3 is 9.32 Å². The Morgan fingerprint density at radius 3 is 2.27 bits per heavy atom. The van der Waals surface area contributed by atoms with Crippen LogP contribution < -0.4 is 0 Å². The molecule has 3 rings (SSSR count). The second kappa shape index (κ2) is 7.52. The number of carbonyl (C=O) groups is 1. The van der Waals surface area contributed by atoms with Crippen molar-refractivity contribution in [3.05, 3.63) is 71.8 Å². The van der Waals surface area contributed by atoms with Gasteiger partial charge in [0.25, 0.3) is 5.91 Å². The number of carbonyl (C=O) groups excluding carboxylic acids is 1. The Kier molecular flexibility index (Phi) is 5.16. The van der Waals surface area contributed by atoms with E-state index in [0.717, 1.165) is 22.7 Å². The molecule has 1 amide bonds. The summed E-state index contributed by atoms with van der Waals surface area (Å²) in [6.07, 6.45) is 1.62. The number of rotatable bonds is 5. The molecule has 5 heteroatoms. The zero-order valence-electron chi connectivity index (χ0n) is 15.5. The molecule has 0 aliphatic heterocycles. The zero-order chi connectivity index (χ0) is 18.7. The molecule has 1 aromatic carbocycles. The summed E-state index contributed by atoms with van der Waals surface area (Å²) in [6.45, 7) is 6.12. The topological polar surface area (TPSA) is 59.2 Å². The monoisotopic (exact) mass is 349 g/mol. The fourth-order valence-electron chi connectivity index (χ4n) is 2.69. The highest BCUT2D eigenvalue weighted by Gasteiger charge is 2.20. The van der Waals surface area contributed by atoms with Crippen molar-refractivity contribution in [2.45, 2.75) is 32.7 Å². The van der Waals surface area contributed by atoms with Crippen molar-refractivity contribution in [1.82, 2.24) is 15.1 Å². The van der Waals surface area contributed by atoms with Crippen LogP contribution in [0, 0.1) is 0 Å². The molecule has 0 radical (unpaired) electrons. The standard InChI is InChI=1S/C21H23N3O2/c1-14(2)18-11-12-19(23-22-18)16-7-9-17(10-8-16)21(25)24(4)15(3)20-6-5-13-26-20/h5-15H,1-4H3. The predicted octanol–water partition coefficient (Wildman–Crippen LogP) is 4.69. The van der Waals surface area contributed by atoms with Gasteiger partial charge in [0.05, 0.1) is 23.7 Å². The van der Waals surface area contributed by atoms with E-state index in [4.69, 9.17) is 4.42 Å². The van der Waals surface area contributed by atoms with E-state index in [9.17, 15) is 4.79 Å². The fraction of sp³-hybridized carbons (Fsp3) is 0.286. The molecule has 0 bridgehead atoms. The number of benzene rings is 1. The summed E-state index contributed by atoms with van der Waals surface area (Å²) in [5.41, 5.74) is 3.33. The summed E-state index contributed by atoms with van der Waals surface area (Å²) in [5.74, 6) is 1.06. The molecule has 0 aliphatic carbocycles. The molecular formula is C21H23N3O2. The van der Waals surface area contributed by atoms with Crippen molar-refractivity contribution in [3.63, 3.8) is 0 Å². The Morgan fingerprint density at radius 1 is 1.00 bits per heavy atom. The number of hydrogen-bond acceptors (Lipinski definition) is 4. The molecule has 1 unspecified atom stereocenters. The molecule has 1 atom stereocenters. The molecule has 0 fully saturated rings. The van der Waals surface area contributed by atoms with Crippen LogP contribution in [-0.2, 0) is 0 Å². The molecule has 0 spiro atoms. The van der Waals surface area contributed by atoms with Gasteiger partial charge in [0.15, 0.2) is 0 Å². The van der Waals surface area contributed by atoms with Crippen LogP contribution in [0.5, 0.6) is 0 Å². The lowest BCUT2D eigenvalue weighted by atomic mass is 10.1. The summed E-state index contributed by atoms with van der Waals surface area (Å²) in [5, 5.41) is 8.54. The van der Waals surface area contributed by atoms with Crippen LogP contribution in [0.4, 0.5) is 0 Å². The minimum Gasteiger partial charge on any atom is -0.467 e. The highest BCUT2D eigenvalue weighted by molar-refractivity contribution is 5.94. The minimum absolute atomic E-state index is 0.0540. The quantitative estimate of drug-likeness (QED) is 0.670. The second-order valence-electron chi connectivity index (χ2n) is 6.68. The van der Waals surface area contributed by atoms with E-state index >= 15 is 0 Å². The van der Waals surface area contributed by atoms with Crippen LogP contribution in [0.1, 0.15) is 54.5 Å². The number of furan rings is 1. The number of aromatic nitrogens is 2. The third-order valence-corrected chi connectivity index (χ3v) is 4.56. The molecule has 2 heterocycles. The van der Waals surface area contributed by atoms with Crippen molar-refractivity contribution in [2.24, 2.45) is 0 Å². The van der Waals surface area contributed by atoms with E-state index in [1.54, 1.807) is 18.2 Å². The first-order chi connectivity index (χ1) is 12.5. The van der Waals surface area contributed by atoms with E-state index in [0.29, 0.717) is 11.5 Å². The molecule has 2 aromatic heterocycles. The van der Waals surface area contributed by atoms with Crippen LogP contribution in [0.2, 0.25) is 0 Å². The fourth-order valence-corrected chi connectivity index (χ4v) is 2.69. The van der Waals surface area contributed by atoms with E-state index < -0.39 is 0 Å². The second-order valence-corrected chi connectivity index (χ2v) is 6.68. The van der Waals surface area contributed by atoms with Crippen molar-refractivity contribution < 1.29 is 9.21 Å². The van der Waals surface area contributed by atoms with Crippen molar-refractivity contribution in [1.29, 1.82) is 0 Å². The Hall–Kier alpha value is -2.95. The van der Waals surface area contributed by atoms with Crippen LogP contribution in [0.25, 0.3) is 11.3 Å². The lowest BCUT2D eigenvalue weighted by molar-refractivity contribution is 0.0726. The number of hydrogen-bond donors (Lipinski definition) is 0. The SMILES string of the molecule is CC(C)c1ccc(-c2ccc(C(=O)N(C)C(C)c3ccco3)cc2)nn1. The third kappa shape index (κ3) is 3.67. The van der Waals surface area contributed by atoms with Gasteiger partial charge in [0, 0.05) is 18.2 Å². The third-order valence-electron chi connectivity index (χ3n) is 4.56. The van der Waals surface area contributed by atoms with E-state index in [1.807, 2.05) is 55.5 Å². The predicted molar refractivity (Wildman–Crippen MR) is 101 cm³/mol. The first-order valence-electron chi connectivity index (χ1n) is 8.72. The molecule has 26 heavy (non-hydrogen) atoms. The summed E-state index contributed by atoms with van der Waals surface area (Å²) in [7, 11) is 1.78. The molecule has 3 aromatic rings. The Morgan fingerprint density at radius 2 is 1.73 bits per heavy atom. The maximum Gasteiger partial charge on any atom is 0.254 e. The Bertz CT molecular complexity index is 853. The molecule has 0 saturated carbocycles. The number of amides is 1. The minimum atomic E-state index is -0.133. The van der Waals surface area contributed by atoms with Crippen molar-refractivity contribution >= 4 is 5.91 Å². The molecule has 5 nitrogen and oxygen atoms in total. The highest BCUT2D eigenvalue weighted by atomic mass is 16.3. The smallest absolute Gasteiger partial charge is 0.254 e. The van der Waals surface area contributed by atoms with E-state index in [2.05, 4.69) is 24.0 Å². The van der Waals surface area contributed by atoms with Crippen molar-refractivity contribution in [2.75, 3.05) is 7.05 Å². The van der Waals surface area contributed by atoms with Gasteiger partial charge >= 0.3 is 0 Å². The Balaban J connectivity index is 1.75. The average Bonchev–Trinajstić information content (AvgIpc) is 3.21. The van der Waals surface area contributed by atoms with Crippen LogP contribution in [0.15, 0.2) is 59.2 Å². The van der Waals surface area contributed by atoms with Gasteiger partial charge in [-0.15, -0.1) is 0 Å². The first kappa shape index (κ1) is 17.9. The van der Waals surface area contributed by atoms with Crippen LogP contribution in [0.3, 0.4) is 0 Å². The molecule has 0 saturated heterocycles. The van der Waals surface area contributed by atoms with Gasteiger partial charge in [-0.25, -0.2) is 0 Å². The largest absolute Gasteiger partial charge is 0.467 e.